The molecule has 1 fully saturated rings. The number of hydrogen-bond acceptors (Lipinski definition) is 4. The summed E-state index contributed by atoms with van der Waals surface area (Å²) in [6.45, 7) is 1.25. The molecule has 2 aromatic rings. The van der Waals surface area contributed by atoms with Gasteiger partial charge < -0.3 is 5.32 Å². The van der Waals surface area contributed by atoms with E-state index in [1.54, 1.807) is 18.3 Å². The van der Waals surface area contributed by atoms with E-state index in [0.717, 1.165) is 18.4 Å². The first-order valence-corrected chi connectivity index (χ1v) is 10.7. The molecule has 28 heavy (non-hydrogen) atoms. The van der Waals surface area contributed by atoms with Crippen molar-refractivity contribution in [1.29, 1.82) is 0 Å². The summed E-state index contributed by atoms with van der Waals surface area (Å²) in [5, 5.41) is 2.94. The molecule has 2 heterocycles. The molecule has 0 spiro atoms. The molecular formula is C20H26N4O3S. The second-order valence-electron chi connectivity index (χ2n) is 7.09. The van der Waals surface area contributed by atoms with Crippen molar-refractivity contribution in [2.45, 2.75) is 25.3 Å². The molecular weight excluding hydrogens is 376 g/mol. The van der Waals surface area contributed by atoms with E-state index in [-0.39, 0.29) is 11.8 Å². The summed E-state index contributed by atoms with van der Waals surface area (Å²) in [6.07, 6.45) is 3.19. The minimum absolute atomic E-state index is 0.109. The van der Waals surface area contributed by atoms with Crippen LogP contribution >= 0.6 is 0 Å². The number of nitrogens with zero attached hydrogens (tertiary/aromatic N) is 3. The van der Waals surface area contributed by atoms with Gasteiger partial charge in [-0.3, -0.25) is 9.78 Å². The van der Waals surface area contributed by atoms with Crippen LogP contribution in [0, 0.1) is 0 Å². The maximum Gasteiger partial charge on any atom is 0.281 e. The first-order chi connectivity index (χ1) is 13.4. The van der Waals surface area contributed by atoms with E-state index in [2.05, 4.69) is 10.3 Å². The minimum atomic E-state index is -3.48. The average molecular weight is 403 g/mol. The molecule has 1 aromatic carbocycles. The van der Waals surface area contributed by atoms with Crippen molar-refractivity contribution in [3.63, 3.8) is 0 Å². The van der Waals surface area contributed by atoms with Gasteiger partial charge in [0.2, 0.25) is 0 Å². The summed E-state index contributed by atoms with van der Waals surface area (Å²) in [5.74, 6) is -0.304. The van der Waals surface area contributed by atoms with Crippen molar-refractivity contribution in [3.8, 4) is 0 Å². The average Bonchev–Trinajstić information content (AvgIpc) is 2.72. The van der Waals surface area contributed by atoms with Crippen molar-refractivity contribution >= 4 is 16.1 Å². The fraction of sp³-hybridized carbons (Fsp3) is 0.400. The van der Waals surface area contributed by atoms with Crippen molar-refractivity contribution in [2.75, 3.05) is 27.2 Å². The van der Waals surface area contributed by atoms with E-state index >= 15 is 0 Å². The summed E-state index contributed by atoms with van der Waals surface area (Å²) in [6, 6.07) is 13.2. The number of carbonyl (C=O) groups is 1. The Kier molecular flexibility index (Phi) is 6.43. The van der Waals surface area contributed by atoms with Gasteiger partial charge in [-0.2, -0.15) is 17.0 Å². The zero-order valence-corrected chi connectivity index (χ0v) is 17.0. The predicted octanol–water partition coefficient (Wildman–Crippen LogP) is 2.00. The molecule has 7 nitrogen and oxygen atoms in total. The lowest BCUT2D eigenvalue weighted by molar-refractivity contribution is 0.0948. The Morgan fingerprint density at radius 3 is 2.68 bits per heavy atom. The molecule has 0 saturated carbocycles. The number of carbonyl (C=O) groups excluding carboxylic acids is 1. The molecule has 0 aliphatic carbocycles. The monoisotopic (exact) mass is 402 g/mol. The van der Waals surface area contributed by atoms with Crippen molar-refractivity contribution < 1.29 is 13.2 Å². The molecule has 1 saturated heterocycles. The lowest BCUT2D eigenvalue weighted by Crippen LogP contribution is -2.45. The van der Waals surface area contributed by atoms with E-state index in [9.17, 15) is 13.2 Å². The third kappa shape index (κ3) is 4.57. The van der Waals surface area contributed by atoms with Crippen LogP contribution in [0.1, 0.15) is 40.4 Å². The molecule has 8 heteroatoms. The third-order valence-electron chi connectivity index (χ3n) is 4.94. The van der Waals surface area contributed by atoms with E-state index in [0.29, 0.717) is 30.9 Å². The molecule has 1 atom stereocenters. The summed E-state index contributed by atoms with van der Waals surface area (Å²) in [4.78, 5) is 17.2. The molecule has 0 bridgehead atoms. The quantitative estimate of drug-likeness (QED) is 0.801. The maximum absolute atomic E-state index is 12.8. The van der Waals surface area contributed by atoms with Crippen LogP contribution in [0.4, 0.5) is 0 Å². The van der Waals surface area contributed by atoms with Crippen LogP contribution < -0.4 is 5.32 Å². The zero-order valence-electron chi connectivity index (χ0n) is 16.2. The number of nitrogens with one attached hydrogen (secondary N) is 1. The van der Waals surface area contributed by atoms with Crippen LogP contribution in [0.3, 0.4) is 0 Å². The highest BCUT2D eigenvalue weighted by atomic mass is 32.2. The highest BCUT2D eigenvalue weighted by molar-refractivity contribution is 7.86. The number of amides is 1. The van der Waals surface area contributed by atoms with E-state index in [1.807, 2.05) is 30.3 Å². The van der Waals surface area contributed by atoms with Crippen LogP contribution in [0.25, 0.3) is 0 Å². The Bertz CT molecular complexity index is 916. The summed E-state index contributed by atoms with van der Waals surface area (Å²) >= 11 is 0. The molecule has 1 N–H and O–H groups in total. The van der Waals surface area contributed by atoms with Gasteiger partial charge in [0.05, 0.1) is 11.3 Å². The van der Waals surface area contributed by atoms with Gasteiger partial charge in [-0.15, -0.1) is 0 Å². The molecule has 1 unspecified atom stereocenters. The summed E-state index contributed by atoms with van der Waals surface area (Å²) in [7, 11) is -0.422. The molecule has 0 radical (unpaired) electrons. The van der Waals surface area contributed by atoms with Crippen LogP contribution in [0.15, 0.2) is 48.7 Å². The van der Waals surface area contributed by atoms with Gasteiger partial charge >= 0.3 is 0 Å². The SMILES string of the molecule is CN(C)S(=O)(=O)N1CCCC(c2ncccc2C(=O)NCc2ccccc2)C1. The molecule has 3 rings (SSSR count). The van der Waals surface area contributed by atoms with E-state index < -0.39 is 10.2 Å². The Morgan fingerprint density at radius 2 is 1.96 bits per heavy atom. The van der Waals surface area contributed by atoms with Crippen LogP contribution in [-0.4, -0.2) is 55.1 Å². The molecule has 1 amide bonds. The first kappa shape index (κ1) is 20.4. The van der Waals surface area contributed by atoms with Crippen LogP contribution in [0.2, 0.25) is 0 Å². The van der Waals surface area contributed by atoms with Crippen LogP contribution in [-0.2, 0) is 16.8 Å². The second kappa shape index (κ2) is 8.81. The van der Waals surface area contributed by atoms with Crippen molar-refractivity contribution in [3.05, 3.63) is 65.5 Å². The highest BCUT2D eigenvalue weighted by Crippen LogP contribution is 2.29. The topological polar surface area (TPSA) is 82.6 Å². The standard InChI is InChI=1S/C20H26N4O3S/c1-23(2)28(26,27)24-13-7-10-17(15-24)19-18(11-6-12-21-19)20(25)22-14-16-8-4-3-5-9-16/h3-6,8-9,11-12,17H,7,10,13-15H2,1-2H3,(H,22,25). The number of rotatable bonds is 6. The number of piperidine rings is 1. The minimum Gasteiger partial charge on any atom is -0.348 e. The van der Waals surface area contributed by atoms with Gasteiger partial charge in [-0.1, -0.05) is 30.3 Å². The normalized spacial score (nSPS) is 18.2. The maximum atomic E-state index is 12.8. The molecule has 1 aliphatic heterocycles. The Hall–Kier alpha value is -2.29. The number of hydrogen-bond donors (Lipinski definition) is 1. The van der Waals surface area contributed by atoms with Gasteiger partial charge in [0.1, 0.15) is 0 Å². The highest BCUT2D eigenvalue weighted by Gasteiger charge is 2.33. The number of benzene rings is 1. The van der Waals surface area contributed by atoms with Gasteiger partial charge in [-0.05, 0) is 30.5 Å². The third-order valence-corrected chi connectivity index (χ3v) is 6.84. The van der Waals surface area contributed by atoms with E-state index in [1.165, 1.54) is 22.7 Å². The van der Waals surface area contributed by atoms with Crippen molar-refractivity contribution in [2.24, 2.45) is 0 Å². The zero-order chi connectivity index (χ0) is 20.1. The molecule has 1 aliphatic rings. The van der Waals surface area contributed by atoms with Crippen molar-refractivity contribution in [1.82, 2.24) is 18.9 Å². The Morgan fingerprint density at radius 1 is 1.21 bits per heavy atom. The summed E-state index contributed by atoms with van der Waals surface area (Å²) in [5.41, 5.74) is 2.18. The number of aromatic nitrogens is 1. The van der Waals surface area contributed by atoms with Gasteiger partial charge in [0, 0.05) is 45.8 Å². The Balaban J connectivity index is 1.77. The van der Waals surface area contributed by atoms with Crippen LogP contribution in [0.5, 0.6) is 0 Å². The molecule has 1 aromatic heterocycles. The molecule has 150 valence electrons. The van der Waals surface area contributed by atoms with E-state index in [4.69, 9.17) is 0 Å². The lowest BCUT2D eigenvalue weighted by atomic mass is 9.92. The van der Waals surface area contributed by atoms with Gasteiger partial charge in [-0.25, -0.2) is 0 Å². The fourth-order valence-corrected chi connectivity index (χ4v) is 4.60. The second-order valence-corrected chi connectivity index (χ2v) is 9.23. The van der Waals surface area contributed by atoms with Gasteiger partial charge in [0.25, 0.3) is 16.1 Å². The van der Waals surface area contributed by atoms with Gasteiger partial charge in [0.15, 0.2) is 0 Å². The first-order valence-electron chi connectivity index (χ1n) is 9.34. The predicted molar refractivity (Wildman–Crippen MR) is 108 cm³/mol. The smallest absolute Gasteiger partial charge is 0.281 e. The Labute approximate surface area is 166 Å². The number of pyridine rings is 1. The fourth-order valence-electron chi connectivity index (χ4n) is 3.41. The lowest BCUT2D eigenvalue weighted by Gasteiger charge is -2.33. The summed E-state index contributed by atoms with van der Waals surface area (Å²) < 4.78 is 27.7. The largest absolute Gasteiger partial charge is 0.348 e.